The third-order valence-corrected chi connectivity index (χ3v) is 10.0. The summed E-state index contributed by atoms with van der Waals surface area (Å²) in [6.45, 7) is 7.61. The Labute approximate surface area is 310 Å². The van der Waals surface area contributed by atoms with Crippen LogP contribution in [-0.2, 0) is 19.1 Å². The molecule has 0 bridgehead atoms. The Kier molecular flexibility index (Phi) is 15.1. The van der Waals surface area contributed by atoms with Gasteiger partial charge in [0, 0.05) is 35.3 Å². The highest BCUT2D eigenvalue weighted by atomic mass is 19.4. The molecular formula is C31H36F18O8. The molecule has 2 saturated carbocycles. The lowest BCUT2D eigenvalue weighted by atomic mass is 9.66. The molecule has 26 heteroatoms. The predicted octanol–water partition coefficient (Wildman–Crippen LogP) is 7.73. The number of carbonyl (C=O) groups is 2. The zero-order valence-corrected chi connectivity index (χ0v) is 29.4. The molecular weight excluding hydrogens is 842 g/mol. The van der Waals surface area contributed by atoms with Gasteiger partial charge < -0.3 is 29.9 Å². The zero-order chi connectivity index (χ0) is 45.6. The highest BCUT2D eigenvalue weighted by Gasteiger charge is 2.76. The third-order valence-electron chi connectivity index (χ3n) is 10.0. The van der Waals surface area contributed by atoms with E-state index in [1.165, 1.54) is 0 Å². The molecule has 8 nitrogen and oxygen atoms in total. The molecule has 0 heterocycles. The van der Waals surface area contributed by atoms with E-state index in [2.05, 4.69) is 22.6 Å². The second kappa shape index (κ2) is 16.6. The van der Waals surface area contributed by atoms with Crippen molar-refractivity contribution in [2.24, 2.45) is 23.7 Å². The minimum absolute atomic E-state index is 0.187. The van der Waals surface area contributed by atoms with Crippen LogP contribution in [-0.4, -0.2) is 104 Å². The number of halogens is 18. The lowest BCUT2D eigenvalue weighted by Gasteiger charge is -2.47. The maximum absolute atomic E-state index is 13.2. The molecule has 0 aromatic heterocycles. The minimum Gasteiger partial charge on any atom is -0.459 e. The number of aliphatic hydroxyl groups is 4. The molecule has 0 saturated heterocycles. The minimum atomic E-state index is -6.29. The van der Waals surface area contributed by atoms with E-state index in [9.17, 15) is 109 Å². The Morgan fingerprint density at radius 3 is 1.00 bits per heavy atom. The Balaban J connectivity index is 0.000000570. The summed E-state index contributed by atoms with van der Waals surface area (Å²) in [5.41, 5.74) is -18.4. The number of esters is 2. The van der Waals surface area contributed by atoms with Crippen molar-refractivity contribution < 1.29 is 119 Å². The fourth-order valence-electron chi connectivity index (χ4n) is 6.50. The lowest BCUT2D eigenvalue weighted by Crippen LogP contribution is -2.64. The highest BCUT2D eigenvalue weighted by molar-refractivity contribution is 5.87. The highest BCUT2D eigenvalue weighted by Crippen LogP contribution is 2.57. The van der Waals surface area contributed by atoms with Crippen molar-refractivity contribution in [2.75, 3.05) is 0 Å². The van der Waals surface area contributed by atoms with Crippen LogP contribution in [0.3, 0.4) is 0 Å². The Bertz CT molecular complexity index is 1410. The van der Waals surface area contributed by atoms with Crippen molar-refractivity contribution in [2.45, 2.75) is 131 Å². The van der Waals surface area contributed by atoms with E-state index in [4.69, 9.17) is 0 Å². The quantitative estimate of drug-likeness (QED) is 0.111. The van der Waals surface area contributed by atoms with E-state index in [-0.39, 0.29) is 19.4 Å². The Morgan fingerprint density at radius 2 is 0.772 bits per heavy atom. The Morgan fingerprint density at radius 1 is 0.509 bits per heavy atom. The van der Waals surface area contributed by atoms with Gasteiger partial charge in [-0.3, -0.25) is 0 Å². The normalized spacial score (nSPS) is 26.8. The molecule has 0 aromatic carbocycles. The van der Waals surface area contributed by atoms with Crippen molar-refractivity contribution >= 4 is 11.9 Å². The second-order valence-corrected chi connectivity index (χ2v) is 14.1. The number of hydrogen-bond donors (Lipinski definition) is 4. The largest absolute Gasteiger partial charge is 0.459 e. The van der Waals surface area contributed by atoms with Crippen molar-refractivity contribution in [3.63, 3.8) is 0 Å². The molecule has 57 heavy (non-hydrogen) atoms. The number of hydrogen-bond acceptors (Lipinski definition) is 8. The summed E-state index contributed by atoms with van der Waals surface area (Å²) in [4.78, 5) is 22.9. The molecule has 0 spiro atoms. The van der Waals surface area contributed by atoms with Crippen LogP contribution in [0.2, 0.25) is 0 Å². The molecule has 2 rings (SSSR count). The van der Waals surface area contributed by atoms with Gasteiger partial charge in [0.05, 0.1) is 0 Å². The van der Waals surface area contributed by atoms with Gasteiger partial charge in [-0.1, -0.05) is 13.2 Å². The number of alkyl halides is 18. The first-order chi connectivity index (χ1) is 24.9. The molecule has 0 aliphatic heterocycles. The van der Waals surface area contributed by atoms with Crippen molar-refractivity contribution in [3.05, 3.63) is 24.8 Å². The monoisotopic (exact) mass is 878 g/mol. The van der Waals surface area contributed by atoms with Gasteiger partial charge in [-0.25, -0.2) is 9.59 Å². The predicted molar refractivity (Wildman–Crippen MR) is 154 cm³/mol. The maximum atomic E-state index is 13.2. The van der Waals surface area contributed by atoms with Crippen LogP contribution in [0.5, 0.6) is 0 Å². The molecule has 2 aliphatic rings. The van der Waals surface area contributed by atoms with Gasteiger partial charge in [0.15, 0.2) is 11.2 Å². The smallest absolute Gasteiger partial charge is 0.426 e. The van der Waals surface area contributed by atoms with Gasteiger partial charge in [0.25, 0.3) is 11.2 Å². The van der Waals surface area contributed by atoms with Crippen molar-refractivity contribution in [1.29, 1.82) is 0 Å². The van der Waals surface area contributed by atoms with Crippen LogP contribution in [0.25, 0.3) is 0 Å². The van der Waals surface area contributed by atoms with E-state index in [0.29, 0.717) is 6.08 Å². The average Bonchev–Trinajstić information content (AvgIpc) is 3.00. The van der Waals surface area contributed by atoms with Gasteiger partial charge in [-0.2, -0.15) is 79.0 Å². The summed E-state index contributed by atoms with van der Waals surface area (Å²) in [7, 11) is 0. The van der Waals surface area contributed by atoms with Crippen LogP contribution in [0, 0.1) is 23.7 Å². The molecule has 8 atom stereocenters. The van der Waals surface area contributed by atoms with E-state index in [0.717, 1.165) is 6.92 Å². The number of carbonyl (C=O) groups excluding carboxylic acids is 2. The van der Waals surface area contributed by atoms with Gasteiger partial charge in [-0.05, 0) is 59.3 Å². The van der Waals surface area contributed by atoms with E-state index < -0.39 is 146 Å². The van der Waals surface area contributed by atoms with E-state index >= 15 is 0 Å². The molecule has 2 aliphatic carbocycles. The average molecular weight is 879 g/mol. The van der Waals surface area contributed by atoms with Gasteiger partial charge in [-0.15, -0.1) is 0 Å². The van der Waals surface area contributed by atoms with Crippen LogP contribution in [0.4, 0.5) is 79.0 Å². The summed E-state index contributed by atoms with van der Waals surface area (Å²) in [6, 6.07) is 0. The fraction of sp³-hybridized carbons (Fsp3) is 0.806. The third kappa shape index (κ3) is 10.8. The zero-order valence-electron chi connectivity index (χ0n) is 29.4. The molecule has 0 amide bonds. The van der Waals surface area contributed by atoms with E-state index in [1.807, 2.05) is 0 Å². The molecule has 2 fully saturated rings. The second-order valence-electron chi connectivity index (χ2n) is 14.1. The van der Waals surface area contributed by atoms with Crippen LogP contribution in [0.15, 0.2) is 24.8 Å². The van der Waals surface area contributed by atoms with Crippen LogP contribution in [0.1, 0.15) is 59.3 Å². The van der Waals surface area contributed by atoms with Crippen LogP contribution >= 0.6 is 0 Å². The summed E-state index contributed by atoms with van der Waals surface area (Å²) >= 11 is 0. The molecule has 0 aromatic rings. The molecule has 334 valence electrons. The first-order valence-electron chi connectivity index (χ1n) is 15.9. The Hall–Kier alpha value is -3.00. The van der Waals surface area contributed by atoms with Gasteiger partial charge in [0.2, 0.25) is 0 Å². The van der Waals surface area contributed by atoms with Crippen molar-refractivity contribution in [1.82, 2.24) is 0 Å². The summed E-state index contributed by atoms with van der Waals surface area (Å²) in [5, 5.41) is 38.7. The lowest BCUT2D eigenvalue weighted by molar-refractivity contribution is -0.392. The molecule has 0 radical (unpaired) electrons. The summed E-state index contributed by atoms with van der Waals surface area (Å²) < 4.78 is 246. The van der Waals surface area contributed by atoms with Crippen molar-refractivity contribution in [3.8, 4) is 0 Å². The number of rotatable bonds is 8. The fourth-order valence-corrected chi connectivity index (χ4v) is 6.50. The van der Waals surface area contributed by atoms with Gasteiger partial charge >= 0.3 is 49.0 Å². The summed E-state index contributed by atoms with van der Waals surface area (Å²) in [6.07, 6.45) is -46.3. The van der Waals surface area contributed by atoms with E-state index in [1.54, 1.807) is 0 Å². The number of ether oxygens (including phenoxy) is 2. The SMILES string of the molecule is C=C(C)C(=O)OC1CC(C(C)(O)C(F)(F)F)CC(C(O)(C(F)(F)F)C(F)(F)F)C1.C=CC(=O)OC1CC(C(C)(O)C(F)(F)F)CC(C(O)(C(F)(F)F)C(F)(F)F)C1. The topological polar surface area (TPSA) is 134 Å². The molecule has 4 N–H and O–H groups in total. The molecule has 8 unspecified atom stereocenters. The first-order valence-corrected chi connectivity index (χ1v) is 15.9. The van der Waals surface area contributed by atoms with Gasteiger partial charge in [0.1, 0.15) is 12.2 Å². The first kappa shape index (κ1) is 52.0. The van der Waals surface area contributed by atoms with Crippen LogP contribution < -0.4 is 0 Å². The maximum Gasteiger partial charge on any atom is 0.426 e. The summed E-state index contributed by atoms with van der Waals surface area (Å²) in [5.74, 6) is -12.7. The standard InChI is InChI=1S/C16H19F9O4.C15H17F9O4/c1-7(2)11(26)29-10-5-8(12(3,27)14(17,18)19)4-9(6-10)13(28,15(20,21)22)16(23,24)25;1-3-10(25)28-9-5-7(11(2,26)13(16,17)18)4-8(6-9)12(27,14(19,20)21)15(22,23)24/h8-10,27-28H,1,4-6H2,2-3H3;3,7-9,26-27H,1,4-6H2,2H3.